The van der Waals surface area contributed by atoms with Crippen molar-refractivity contribution in [2.24, 2.45) is 0 Å². The molecule has 0 bridgehead atoms. The number of aryl methyl sites for hydroxylation is 1. The molecule has 0 unspecified atom stereocenters. The minimum absolute atomic E-state index is 0.0105. The lowest BCUT2D eigenvalue weighted by molar-refractivity contribution is 0.0827. The Balaban J connectivity index is 1.95. The van der Waals surface area contributed by atoms with E-state index in [1.807, 2.05) is 17.5 Å². The molecule has 0 aliphatic rings. The van der Waals surface area contributed by atoms with E-state index in [9.17, 15) is 4.79 Å². The summed E-state index contributed by atoms with van der Waals surface area (Å²) in [6.45, 7) is 2.54. The molecule has 0 radical (unpaired) electrons. The number of hydrogen-bond acceptors (Lipinski definition) is 4. The summed E-state index contributed by atoms with van der Waals surface area (Å²) in [7, 11) is 3.47. The molecule has 2 rings (SSSR count). The highest BCUT2D eigenvalue weighted by Crippen LogP contribution is 2.16. The second-order valence-corrected chi connectivity index (χ2v) is 5.54. The summed E-state index contributed by atoms with van der Waals surface area (Å²) < 4.78 is 5.66. The molecule has 0 saturated heterocycles. The van der Waals surface area contributed by atoms with E-state index < -0.39 is 0 Å². The third kappa shape index (κ3) is 3.57. The molecule has 0 fully saturated rings. The Morgan fingerprint density at radius 1 is 1.30 bits per heavy atom. The number of carbonyl (C=O) groups excluding carboxylic acids is 1. The topological polar surface area (TPSA) is 42.4 Å². The van der Waals surface area contributed by atoms with E-state index in [0.29, 0.717) is 12.2 Å². The molecule has 0 aliphatic carbocycles. The summed E-state index contributed by atoms with van der Waals surface area (Å²) in [5.74, 6) is 0.731. The van der Waals surface area contributed by atoms with Crippen molar-refractivity contribution >= 4 is 17.2 Å². The number of benzene rings is 1. The van der Waals surface area contributed by atoms with Crippen LogP contribution in [0.15, 0.2) is 29.6 Å². The summed E-state index contributed by atoms with van der Waals surface area (Å²) in [6.07, 6.45) is 0.950. The van der Waals surface area contributed by atoms with Gasteiger partial charge in [0.05, 0.1) is 10.7 Å². The maximum atomic E-state index is 11.7. The Morgan fingerprint density at radius 3 is 2.55 bits per heavy atom. The number of thiazole rings is 1. The number of rotatable bonds is 5. The molecule has 0 spiro atoms. The molecule has 1 aromatic carbocycles. The lowest BCUT2D eigenvalue weighted by Crippen LogP contribution is -2.21. The van der Waals surface area contributed by atoms with Gasteiger partial charge in [-0.25, -0.2) is 4.98 Å². The summed E-state index contributed by atoms with van der Waals surface area (Å²) in [6, 6.07) is 7.17. The van der Waals surface area contributed by atoms with Gasteiger partial charge in [-0.1, -0.05) is 6.92 Å². The van der Waals surface area contributed by atoms with Gasteiger partial charge in [0, 0.05) is 25.0 Å². The molecule has 0 aliphatic heterocycles. The molecule has 2 aromatic rings. The molecular formula is C15H18N2O2S. The number of aromatic nitrogens is 1. The fourth-order valence-electron chi connectivity index (χ4n) is 1.69. The van der Waals surface area contributed by atoms with Gasteiger partial charge in [-0.3, -0.25) is 4.79 Å². The van der Waals surface area contributed by atoms with Crippen molar-refractivity contribution < 1.29 is 9.53 Å². The average molecular weight is 290 g/mol. The van der Waals surface area contributed by atoms with Crippen LogP contribution < -0.4 is 4.74 Å². The normalized spacial score (nSPS) is 10.3. The Bertz CT molecular complexity index is 576. The summed E-state index contributed by atoms with van der Waals surface area (Å²) in [5, 5.41) is 3.14. The van der Waals surface area contributed by atoms with Gasteiger partial charge in [-0.15, -0.1) is 11.3 Å². The summed E-state index contributed by atoms with van der Waals surface area (Å²) >= 11 is 1.65. The van der Waals surface area contributed by atoms with E-state index in [2.05, 4.69) is 11.9 Å². The minimum Gasteiger partial charge on any atom is -0.487 e. The van der Waals surface area contributed by atoms with E-state index in [0.717, 1.165) is 22.9 Å². The monoisotopic (exact) mass is 290 g/mol. The first-order chi connectivity index (χ1) is 9.60. The number of hydrogen-bond donors (Lipinski definition) is 0. The standard InChI is InChI=1S/C15H18N2O2S/c1-4-14-16-12(10-20-14)9-19-13-7-5-11(6-8-13)15(18)17(2)3/h5-8,10H,4,9H2,1-3H3. The lowest BCUT2D eigenvalue weighted by Gasteiger charge is -2.10. The van der Waals surface area contributed by atoms with Gasteiger partial charge in [0.25, 0.3) is 5.91 Å². The third-order valence-corrected chi connectivity index (χ3v) is 3.84. The molecule has 4 nitrogen and oxygen atoms in total. The van der Waals surface area contributed by atoms with Crippen LogP contribution in [0.1, 0.15) is 28.0 Å². The van der Waals surface area contributed by atoms with Crippen LogP contribution >= 0.6 is 11.3 Å². The van der Waals surface area contributed by atoms with Crippen LogP contribution in [-0.4, -0.2) is 29.9 Å². The van der Waals surface area contributed by atoms with Crippen LogP contribution in [0.25, 0.3) is 0 Å². The van der Waals surface area contributed by atoms with Crippen LogP contribution in [0.2, 0.25) is 0 Å². The molecule has 1 amide bonds. The van der Waals surface area contributed by atoms with Gasteiger partial charge in [-0.05, 0) is 30.7 Å². The highest BCUT2D eigenvalue weighted by molar-refractivity contribution is 7.09. The van der Waals surface area contributed by atoms with E-state index in [1.54, 1.807) is 42.5 Å². The zero-order valence-corrected chi connectivity index (χ0v) is 12.7. The highest BCUT2D eigenvalue weighted by atomic mass is 32.1. The molecule has 106 valence electrons. The van der Waals surface area contributed by atoms with Crippen molar-refractivity contribution in [1.82, 2.24) is 9.88 Å². The Kier molecular flexibility index (Phi) is 4.74. The molecule has 0 atom stereocenters. The molecule has 5 heteroatoms. The third-order valence-electron chi connectivity index (χ3n) is 2.80. The van der Waals surface area contributed by atoms with E-state index in [1.165, 1.54) is 0 Å². The van der Waals surface area contributed by atoms with Crippen LogP contribution in [0.3, 0.4) is 0 Å². The second-order valence-electron chi connectivity index (χ2n) is 4.60. The molecule has 1 heterocycles. The van der Waals surface area contributed by atoms with Crippen molar-refractivity contribution in [3.63, 3.8) is 0 Å². The molecule has 1 aromatic heterocycles. The smallest absolute Gasteiger partial charge is 0.253 e. The highest BCUT2D eigenvalue weighted by Gasteiger charge is 2.07. The predicted octanol–water partition coefficient (Wildman–Crippen LogP) is 2.99. The van der Waals surface area contributed by atoms with Crippen LogP contribution in [0.5, 0.6) is 5.75 Å². The zero-order chi connectivity index (χ0) is 14.5. The Labute approximate surface area is 123 Å². The van der Waals surface area contributed by atoms with Gasteiger partial charge >= 0.3 is 0 Å². The van der Waals surface area contributed by atoms with Crippen molar-refractivity contribution in [3.8, 4) is 5.75 Å². The number of amides is 1. The van der Waals surface area contributed by atoms with Crippen LogP contribution in [-0.2, 0) is 13.0 Å². The first-order valence-corrected chi connectivity index (χ1v) is 7.36. The largest absolute Gasteiger partial charge is 0.487 e. The van der Waals surface area contributed by atoms with Gasteiger partial charge in [-0.2, -0.15) is 0 Å². The van der Waals surface area contributed by atoms with E-state index in [4.69, 9.17) is 4.74 Å². The number of nitrogens with zero attached hydrogens (tertiary/aromatic N) is 2. The van der Waals surface area contributed by atoms with Crippen LogP contribution in [0, 0.1) is 0 Å². The molecule has 20 heavy (non-hydrogen) atoms. The second kappa shape index (κ2) is 6.52. The number of carbonyl (C=O) groups is 1. The average Bonchev–Trinajstić information content (AvgIpc) is 2.93. The SMILES string of the molecule is CCc1nc(COc2ccc(C(=O)N(C)C)cc2)cs1. The fourth-order valence-corrected chi connectivity index (χ4v) is 2.42. The van der Waals surface area contributed by atoms with Gasteiger partial charge in [0.2, 0.25) is 0 Å². The fraction of sp³-hybridized carbons (Fsp3) is 0.333. The van der Waals surface area contributed by atoms with Gasteiger partial charge < -0.3 is 9.64 Å². The van der Waals surface area contributed by atoms with Crippen molar-refractivity contribution in [2.75, 3.05) is 14.1 Å². The van der Waals surface area contributed by atoms with Crippen molar-refractivity contribution in [2.45, 2.75) is 20.0 Å². The maximum Gasteiger partial charge on any atom is 0.253 e. The quantitative estimate of drug-likeness (QED) is 0.850. The first-order valence-electron chi connectivity index (χ1n) is 6.48. The van der Waals surface area contributed by atoms with Crippen molar-refractivity contribution in [3.05, 3.63) is 45.9 Å². The molecule has 0 saturated carbocycles. The maximum absolute atomic E-state index is 11.7. The number of ether oxygens (including phenoxy) is 1. The first kappa shape index (κ1) is 14.5. The predicted molar refractivity (Wildman–Crippen MR) is 80.3 cm³/mol. The molecular weight excluding hydrogens is 272 g/mol. The Morgan fingerprint density at radius 2 is 2.00 bits per heavy atom. The van der Waals surface area contributed by atoms with Gasteiger partial charge in [0.15, 0.2) is 0 Å². The summed E-state index contributed by atoms with van der Waals surface area (Å²) in [5.41, 5.74) is 1.60. The molecule has 0 N–H and O–H groups in total. The van der Waals surface area contributed by atoms with Gasteiger partial charge in [0.1, 0.15) is 12.4 Å². The minimum atomic E-state index is -0.0105. The summed E-state index contributed by atoms with van der Waals surface area (Å²) in [4.78, 5) is 17.7. The van der Waals surface area contributed by atoms with E-state index >= 15 is 0 Å². The zero-order valence-electron chi connectivity index (χ0n) is 11.9. The lowest BCUT2D eigenvalue weighted by atomic mass is 10.2. The van der Waals surface area contributed by atoms with Crippen LogP contribution in [0.4, 0.5) is 0 Å². The van der Waals surface area contributed by atoms with Crippen molar-refractivity contribution in [1.29, 1.82) is 0 Å². The van der Waals surface area contributed by atoms with E-state index in [-0.39, 0.29) is 5.91 Å². The Hall–Kier alpha value is -1.88.